The van der Waals surface area contributed by atoms with E-state index >= 15 is 0 Å². The smallest absolute Gasteiger partial charge is 0.233 e. The van der Waals surface area contributed by atoms with E-state index in [2.05, 4.69) is 144 Å². The van der Waals surface area contributed by atoms with E-state index < -0.39 is 22.8 Å². The first-order valence-corrected chi connectivity index (χ1v) is 24.0. The Morgan fingerprint density at radius 1 is 0.588 bits per heavy atom. The van der Waals surface area contributed by atoms with Crippen LogP contribution in [0, 0.1) is 64.2 Å². The normalized spacial score (nSPS) is 11.2. The summed E-state index contributed by atoms with van der Waals surface area (Å²) < 4.78 is 72.8. The van der Waals surface area contributed by atoms with Crippen molar-refractivity contribution in [2.45, 2.75) is 69.2 Å². The van der Waals surface area contributed by atoms with Gasteiger partial charge in [-0.3, -0.25) is 0 Å². The number of benzene rings is 4. The molecule has 9 nitrogen and oxygen atoms in total. The molecule has 0 fully saturated rings. The Morgan fingerprint density at radius 2 is 0.853 bits per heavy atom. The van der Waals surface area contributed by atoms with Crippen molar-refractivity contribution >= 4 is 56.8 Å². The topological polar surface area (TPSA) is 118 Å². The zero-order valence-electron chi connectivity index (χ0n) is 40.5. The van der Waals surface area contributed by atoms with Crippen molar-refractivity contribution in [2.75, 3.05) is 0 Å². The Labute approximate surface area is 411 Å². The molecule has 68 heavy (non-hydrogen) atoms. The van der Waals surface area contributed by atoms with Crippen molar-refractivity contribution in [1.29, 1.82) is 10.5 Å². The van der Waals surface area contributed by atoms with Crippen molar-refractivity contribution in [2.24, 2.45) is 0 Å². The van der Waals surface area contributed by atoms with Gasteiger partial charge >= 0.3 is 59.6 Å². The molecule has 360 valence electrons. The molecule has 0 atom stereocenters. The Kier molecular flexibility index (Phi) is 23.0. The number of nitrogens with zero attached hydrogens (tertiary/aromatic N) is 8. The molecule has 7 rings (SSSR count). The van der Waals surface area contributed by atoms with Crippen LogP contribution in [0.5, 0.6) is 0 Å². The second-order valence-electron chi connectivity index (χ2n) is 15.0. The maximum Gasteiger partial charge on any atom is 2.00 e. The van der Waals surface area contributed by atoms with Crippen LogP contribution in [0.4, 0.5) is 25.2 Å². The van der Waals surface area contributed by atoms with Gasteiger partial charge in [-0.15, -0.1) is 0 Å². The molecule has 0 saturated carbocycles. The summed E-state index contributed by atoms with van der Waals surface area (Å²) in [5.74, 6) is 1.60. The molecule has 19 heteroatoms. The van der Waals surface area contributed by atoms with Gasteiger partial charge in [0.15, 0.2) is 0 Å². The van der Waals surface area contributed by atoms with Gasteiger partial charge in [-0.05, 0) is 126 Å². The van der Waals surface area contributed by atoms with E-state index in [0.717, 1.165) is 45.3 Å². The standard InChI is InChI=1S/C18H15P.C15H22BN6.C12H12O.2C2H3N.F6P.Ru/c1-4-10-16(11-5-1)19(17-12-6-2-7-13-17)18-14-8-3-9-15-18;1-10-7-13(4)20(17-10)16(21-14(5)8-11(2)18-21)22-15(6)9-12(3)19-22;1-10(2)9-12-6-4-3-5-11(12)7-8-13;2*1-2-3;1-7(2,3,4,5)6;/h1-15H;7-9,16H,1-6H3;3-7,9H,1-2H3;2*1H3;;/q;-1;;;;-1;+2/i;;7D;;;;. The first-order chi connectivity index (χ1) is 31.7. The molecule has 0 aliphatic heterocycles. The first kappa shape index (κ1) is 57.9. The van der Waals surface area contributed by atoms with Crippen LogP contribution in [0.15, 0.2) is 139 Å². The maximum atomic E-state index is 10.4. The van der Waals surface area contributed by atoms with Crippen molar-refractivity contribution in [3.63, 3.8) is 0 Å². The van der Waals surface area contributed by atoms with E-state index in [1.807, 2.05) is 58.9 Å². The van der Waals surface area contributed by atoms with Crippen molar-refractivity contribution in [1.82, 2.24) is 29.1 Å². The molecule has 4 aromatic carbocycles. The van der Waals surface area contributed by atoms with Gasteiger partial charge in [-0.25, -0.2) is 20.1 Å². The summed E-state index contributed by atoms with van der Waals surface area (Å²) in [5.41, 5.74) is 9.06. The number of nitriles is 2. The molecule has 0 spiro atoms. The van der Waals surface area contributed by atoms with Gasteiger partial charge in [-0.1, -0.05) is 127 Å². The third-order valence-electron chi connectivity index (χ3n) is 8.75. The molecule has 0 saturated heterocycles. The molecule has 7 aromatic rings. The maximum absolute atomic E-state index is 10.7. The minimum Gasteiger partial charge on any atom is -0.233 e. The average molecular weight is 1060 g/mol. The predicted octanol–water partition coefficient (Wildman–Crippen LogP) is 12.6. The number of allylic oxidation sites excluding steroid dienone is 1. The third kappa shape index (κ3) is 22.5. The van der Waals surface area contributed by atoms with Crippen LogP contribution in [0.2, 0.25) is 0 Å². The zero-order chi connectivity index (χ0) is 51.3. The molecule has 0 unspecified atom stereocenters. The minimum absolute atomic E-state index is 0. The van der Waals surface area contributed by atoms with Gasteiger partial charge < -0.3 is 13.8 Å². The molecule has 0 amide bonds. The third-order valence-corrected chi connectivity index (χ3v) is 11.2. The Bertz CT molecular complexity index is 2630. The van der Waals surface area contributed by atoms with Gasteiger partial charge in [-0.2, -0.15) is 10.5 Å². The summed E-state index contributed by atoms with van der Waals surface area (Å²) in [6.45, 7) is 19.1. The number of carbonyl (C=O) groups excluding carboxylic acids is 1. The van der Waals surface area contributed by atoms with E-state index in [1.165, 1.54) is 29.8 Å². The van der Waals surface area contributed by atoms with Crippen LogP contribution < -0.4 is 15.9 Å². The summed E-state index contributed by atoms with van der Waals surface area (Å²) in [5, 5.41) is 32.9. The average Bonchev–Trinajstić information content (AvgIpc) is 3.90. The molecule has 0 bridgehead atoms. The fraction of sp³-hybridized carbons (Fsp3) is 0.204. The van der Waals surface area contributed by atoms with E-state index in [-0.39, 0.29) is 25.5 Å². The van der Waals surface area contributed by atoms with Crippen LogP contribution in [0.1, 0.15) is 74.4 Å². The molecular weight excluding hydrogens is 1000 g/mol. The van der Waals surface area contributed by atoms with E-state index in [9.17, 15) is 30.0 Å². The Morgan fingerprint density at radius 3 is 1.09 bits per heavy atom. The number of rotatable bonds is 8. The zero-order valence-corrected chi connectivity index (χ0v) is 43.0. The molecular formula is C49H55BF6N8OP2Ru. The number of aromatic nitrogens is 6. The van der Waals surface area contributed by atoms with E-state index in [4.69, 9.17) is 27.2 Å². The second kappa shape index (κ2) is 27.0. The monoisotopic (exact) mass is 1060 g/mol. The van der Waals surface area contributed by atoms with E-state index in [1.54, 1.807) is 24.1 Å². The molecule has 0 N–H and O–H groups in total. The van der Waals surface area contributed by atoms with Gasteiger partial charge in [0, 0.05) is 19.9 Å². The number of halogens is 6. The summed E-state index contributed by atoms with van der Waals surface area (Å²) in [6, 6.07) is 49.3. The van der Waals surface area contributed by atoms with Crippen LogP contribution in [0.25, 0.3) is 12.1 Å². The van der Waals surface area contributed by atoms with Gasteiger partial charge in [0.2, 0.25) is 0 Å². The molecule has 0 aliphatic rings. The summed E-state index contributed by atoms with van der Waals surface area (Å²) in [7, 11) is -12.4. The molecule has 0 aliphatic carbocycles. The van der Waals surface area contributed by atoms with Crippen LogP contribution in [0.3, 0.4) is 0 Å². The Hall–Kier alpha value is -6.19. The largest absolute Gasteiger partial charge is 2.00 e. The molecule has 3 aromatic heterocycles. The van der Waals surface area contributed by atoms with E-state index in [0.29, 0.717) is 5.56 Å². The summed E-state index contributed by atoms with van der Waals surface area (Å²) in [6.07, 6.45) is 1.95. The second-order valence-corrected chi connectivity index (χ2v) is 19.1. The minimum atomic E-state index is -10.7. The van der Waals surface area contributed by atoms with Gasteiger partial charge in [0.1, 0.15) is 5.94 Å². The number of hydrogen-bond acceptors (Lipinski definition) is 6. The predicted molar refractivity (Wildman–Crippen MR) is 266 cm³/mol. The molecule has 0 radical (unpaired) electrons. The van der Waals surface area contributed by atoms with Gasteiger partial charge in [0.25, 0.3) is 0 Å². The van der Waals surface area contributed by atoms with Crippen molar-refractivity contribution in [3.05, 3.63) is 184 Å². The van der Waals surface area contributed by atoms with Gasteiger partial charge in [0.05, 0.1) is 30.6 Å². The van der Waals surface area contributed by atoms with Crippen LogP contribution in [-0.4, -0.2) is 42.1 Å². The Balaban J connectivity index is 0.000000463. The van der Waals surface area contributed by atoms with Crippen LogP contribution in [-0.2, 0) is 24.3 Å². The number of hydrogen-bond donors (Lipinski definition) is 0. The van der Waals surface area contributed by atoms with Crippen molar-refractivity contribution in [3.8, 4) is 12.1 Å². The van der Waals surface area contributed by atoms with Crippen LogP contribution >= 0.6 is 15.7 Å². The van der Waals surface area contributed by atoms with Crippen molar-refractivity contribution < 1.29 is 50.8 Å². The SMILES string of the molecule is CC#N.CC#N.Cc1cc(C)n([BH-](n2nc(C)cc2C)n2nc(C)cc2C)n1.F[P-](F)(F)(F)(F)F.[2H]C(=C=O)c1ccccc1C=C(C)C.[Ru+2].c1ccc(P(c2ccccc2)c2ccccc2)cc1. The quantitative estimate of drug-likeness (QED) is 0.0647. The molecule has 3 heterocycles. The number of aryl methyl sites for hydroxylation is 6. The fourth-order valence-corrected chi connectivity index (χ4v) is 8.85. The fourth-order valence-electron chi connectivity index (χ4n) is 6.55. The summed E-state index contributed by atoms with van der Waals surface area (Å²) >= 11 is 0. The summed E-state index contributed by atoms with van der Waals surface area (Å²) in [4.78, 5) is 10.4. The first-order valence-electron chi connectivity index (χ1n) is 21.1.